The minimum absolute atomic E-state index is 0.173. The molecule has 0 atom stereocenters. The Hall–Kier alpha value is -2.24. The van der Waals surface area contributed by atoms with E-state index in [-0.39, 0.29) is 5.91 Å². The Morgan fingerprint density at radius 2 is 1.59 bits per heavy atom. The van der Waals surface area contributed by atoms with Gasteiger partial charge in [-0.25, -0.2) is 0 Å². The summed E-state index contributed by atoms with van der Waals surface area (Å²) in [5.41, 5.74) is 1.000. The van der Waals surface area contributed by atoms with E-state index in [1.54, 1.807) is 7.11 Å². The van der Waals surface area contributed by atoms with Crippen LogP contribution in [-0.2, 0) is 11.2 Å². The molecule has 1 aliphatic rings. The SMILES string of the molecule is COc1ccc(OCCN2CCN(C(=O)Cc3ccc(Cl)cc3)CC2)cc1. The van der Waals surface area contributed by atoms with E-state index in [0.29, 0.717) is 18.1 Å². The maximum absolute atomic E-state index is 12.4. The van der Waals surface area contributed by atoms with Crippen molar-refractivity contribution in [2.45, 2.75) is 6.42 Å². The fourth-order valence-electron chi connectivity index (χ4n) is 3.07. The fourth-order valence-corrected chi connectivity index (χ4v) is 3.20. The predicted octanol–water partition coefficient (Wildman–Crippen LogP) is 3.11. The van der Waals surface area contributed by atoms with Crippen LogP contribution >= 0.6 is 11.6 Å². The third-order valence-corrected chi connectivity index (χ3v) is 4.98. The number of rotatable bonds is 7. The Morgan fingerprint density at radius 1 is 0.963 bits per heavy atom. The molecule has 27 heavy (non-hydrogen) atoms. The minimum Gasteiger partial charge on any atom is -0.497 e. The molecule has 1 aliphatic heterocycles. The van der Waals surface area contributed by atoms with E-state index in [9.17, 15) is 4.79 Å². The first kappa shape index (κ1) is 19.5. The predicted molar refractivity (Wildman–Crippen MR) is 107 cm³/mol. The van der Waals surface area contributed by atoms with E-state index in [2.05, 4.69) is 4.90 Å². The van der Waals surface area contributed by atoms with Gasteiger partial charge in [0.1, 0.15) is 18.1 Å². The van der Waals surface area contributed by atoms with Crippen molar-refractivity contribution in [1.29, 1.82) is 0 Å². The standard InChI is InChI=1S/C21H25ClN2O3/c1-26-19-6-8-20(9-7-19)27-15-14-23-10-12-24(13-11-23)21(25)16-17-2-4-18(22)5-3-17/h2-9H,10-16H2,1H3. The monoisotopic (exact) mass is 388 g/mol. The zero-order valence-corrected chi connectivity index (χ0v) is 16.3. The van der Waals surface area contributed by atoms with E-state index in [0.717, 1.165) is 49.8 Å². The highest BCUT2D eigenvalue weighted by atomic mass is 35.5. The molecule has 2 aromatic rings. The Kier molecular flexibility index (Phi) is 6.96. The summed E-state index contributed by atoms with van der Waals surface area (Å²) in [6, 6.07) is 15.1. The molecule has 1 fully saturated rings. The van der Waals surface area contributed by atoms with E-state index >= 15 is 0 Å². The number of methoxy groups -OCH3 is 1. The molecule has 1 heterocycles. The second-order valence-electron chi connectivity index (χ2n) is 6.55. The molecule has 1 saturated heterocycles. The Labute approximate surface area is 165 Å². The highest BCUT2D eigenvalue weighted by Gasteiger charge is 2.21. The van der Waals surface area contributed by atoms with Gasteiger partial charge in [-0.15, -0.1) is 0 Å². The highest BCUT2D eigenvalue weighted by molar-refractivity contribution is 6.30. The molecule has 0 spiro atoms. The molecule has 0 radical (unpaired) electrons. The quantitative estimate of drug-likeness (QED) is 0.730. The van der Waals surface area contributed by atoms with Gasteiger partial charge in [0.15, 0.2) is 0 Å². The van der Waals surface area contributed by atoms with Gasteiger partial charge < -0.3 is 14.4 Å². The highest BCUT2D eigenvalue weighted by Crippen LogP contribution is 2.17. The maximum atomic E-state index is 12.4. The van der Waals surface area contributed by atoms with Crippen LogP contribution in [0, 0.1) is 0 Å². The molecule has 1 amide bonds. The normalized spacial score (nSPS) is 14.8. The van der Waals surface area contributed by atoms with Crippen molar-refractivity contribution in [1.82, 2.24) is 9.80 Å². The Morgan fingerprint density at radius 3 is 2.22 bits per heavy atom. The van der Waals surface area contributed by atoms with Crippen LogP contribution < -0.4 is 9.47 Å². The second-order valence-corrected chi connectivity index (χ2v) is 6.99. The van der Waals surface area contributed by atoms with E-state index in [1.807, 2.05) is 53.4 Å². The molecule has 144 valence electrons. The number of amides is 1. The lowest BCUT2D eigenvalue weighted by molar-refractivity contribution is -0.132. The zero-order chi connectivity index (χ0) is 19.1. The van der Waals surface area contributed by atoms with Gasteiger partial charge in [0.2, 0.25) is 5.91 Å². The lowest BCUT2D eigenvalue weighted by Gasteiger charge is -2.34. The van der Waals surface area contributed by atoms with Crippen LogP contribution in [0.25, 0.3) is 0 Å². The van der Waals surface area contributed by atoms with Crippen LogP contribution in [-0.4, -0.2) is 62.1 Å². The Balaban J connectivity index is 1.36. The molecule has 0 unspecified atom stereocenters. The summed E-state index contributed by atoms with van der Waals surface area (Å²) in [7, 11) is 1.65. The molecule has 3 rings (SSSR count). The zero-order valence-electron chi connectivity index (χ0n) is 15.6. The molecule has 6 heteroatoms. The van der Waals surface area contributed by atoms with Gasteiger partial charge in [0.25, 0.3) is 0 Å². The second kappa shape index (κ2) is 9.62. The van der Waals surface area contributed by atoms with Gasteiger partial charge in [-0.3, -0.25) is 9.69 Å². The molecular formula is C21H25ClN2O3. The number of carbonyl (C=O) groups excluding carboxylic acids is 1. The van der Waals surface area contributed by atoms with E-state index in [1.165, 1.54) is 0 Å². The van der Waals surface area contributed by atoms with Crippen molar-refractivity contribution in [2.75, 3.05) is 46.4 Å². The number of ether oxygens (including phenoxy) is 2. The molecule has 0 aliphatic carbocycles. The van der Waals surface area contributed by atoms with Gasteiger partial charge >= 0.3 is 0 Å². The molecule has 2 aromatic carbocycles. The summed E-state index contributed by atoms with van der Waals surface area (Å²) in [6.07, 6.45) is 0.428. The first-order chi connectivity index (χ1) is 13.1. The summed E-state index contributed by atoms with van der Waals surface area (Å²) in [6.45, 7) is 4.75. The van der Waals surface area contributed by atoms with Crippen LogP contribution in [0.4, 0.5) is 0 Å². The topological polar surface area (TPSA) is 42.0 Å². The van der Waals surface area contributed by atoms with Gasteiger partial charge in [-0.05, 0) is 42.0 Å². The third kappa shape index (κ3) is 5.88. The lowest BCUT2D eigenvalue weighted by atomic mass is 10.1. The Bertz CT molecular complexity index is 726. The molecule has 0 saturated carbocycles. The van der Waals surface area contributed by atoms with Crippen LogP contribution in [0.1, 0.15) is 5.56 Å². The first-order valence-electron chi connectivity index (χ1n) is 9.15. The van der Waals surface area contributed by atoms with E-state index in [4.69, 9.17) is 21.1 Å². The van der Waals surface area contributed by atoms with Gasteiger partial charge in [-0.1, -0.05) is 23.7 Å². The van der Waals surface area contributed by atoms with Crippen molar-refractivity contribution >= 4 is 17.5 Å². The molecular weight excluding hydrogens is 364 g/mol. The number of halogens is 1. The van der Waals surface area contributed by atoms with Crippen molar-refractivity contribution in [3.05, 3.63) is 59.1 Å². The number of hydrogen-bond donors (Lipinski definition) is 0. The van der Waals surface area contributed by atoms with Gasteiger partial charge in [0, 0.05) is 37.7 Å². The van der Waals surface area contributed by atoms with Gasteiger partial charge in [-0.2, -0.15) is 0 Å². The van der Waals surface area contributed by atoms with E-state index < -0.39 is 0 Å². The van der Waals surface area contributed by atoms with Crippen LogP contribution in [0.15, 0.2) is 48.5 Å². The average Bonchev–Trinajstić information content (AvgIpc) is 2.71. The number of carbonyl (C=O) groups is 1. The summed E-state index contributed by atoms with van der Waals surface area (Å²) in [4.78, 5) is 16.7. The summed E-state index contributed by atoms with van der Waals surface area (Å²) in [5.74, 6) is 1.83. The maximum Gasteiger partial charge on any atom is 0.227 e. The third-order valence-electron chi connectivity index (χ3n) is 4.73. The lowest BCUT2D eigenvalue weighted by Crippen LogP contribution is -2.49. The van der Waals surface area contributed by atoms with Crippen molar-refractivity contribution in [3.63, 3.8) is 0 Å². The number of nitrogens with zero attached hydrogens (tertiary/aromatic N) is 2. The number of piperazine rings is 1. The van der Waals surface area contributed by atoms with Crippen molar-refractivity contribution in [3.8, 4) is 11.5 Å². The summed E-state index contributed by atoms with van der Waals surface area (Å²) < 4.78 is 10.9. The smallest absolute Gasteiger partial charge is 0.227 e. The minimum atomic E-state index is 0.173. The molecule has 5 nitrogen and oxygen atoms in total. The summed E-state index contributed by atoms with van der Waals surface area (Å²) in [5, 5.41) is 0.691. The number of hydrogen-bond acceptors (Lipinski definition) is 4. The van der Waals surface area contributed by atoms with Crippen LogP contribution in [0.5, 0.6) is 11.5 Å². The molecule has 0 bridgehead atoms. The van der Waals surface area contributed by atoms with Crippen LogP contribution in [0.2, 0.25) is 5.02 Å². The van der Waals surface area contributed by atoms with Crippen molar-refractivity contribution in [2.24, 2.45) is 0 Å². The van der Waals surface area contributed by atoms with Gasteiger partial charge in [0.05, 0.1) is 13.5 Å². The number of benzene rings is 2. The largest absolute Gasteiger partial charge is 0.497 e. The van der Waals surface area contributed by atoms with Crippen molar-refractivity contribution < 1.29 is 14.3 Å². The van der Waals surface area contributed by atoms with Crippen LogP contribution in [0.3, 0.4) is 0 Å². The average molecular weight is 389 g/mol. The fraction of sp³-hybridized carbons (Fsp3) is 0.381. The summed E-state index contributed by atoms with van der Waals surface area (Å²) >= 11 is 5.89. The molecule has 0 aromatic heterocycles. The first-order valence-corrected chi connectivity index (χ1v) is 9.53. The molecule has 0 N–H and O–H groups in total.